The predicted molar refractivity (Wildman–Crippen MR) is 95.7 cm³/mol. The van der Waals surface area contributed by atoms with Gasteiger partial charge in [-0.2, -0.15) is 0 Å². The van der Waals surface area contributed by atoms with Crippen LogP contribution in [0.15, 0.2) is 47.5 Å². The Kier molecular flexibility index (Phi) is 5.34. The number of piperidine rings is 1. The molecule has 1 aromatic heterocycles. The lowest BCUT2D eigenvalue weighted by Crippen LogP contribution is -2.39. The Hall–Kier alpha value is -1.99. The number of hydrogen-bond donors (Lipinski definition) is 1. The van der Waals surface area contributed by atoms with E-state index in [4.69, 9.17) is 0 Å². The lowest BCUT2D eigenvalue weighted by molar-refractivity contribution is 0.211. The standard InChI is InChI=1S/C18H22FN3O2S/c1-25(23,24)17-3-2-10-20-18(17)21-16-8-11-22(12-9-16)13-14-4-6-15(19)7-5-14/h2-7,10,16H,8-9,11-13H2,1H3,(H,20,21). The molecule has 1 N–H and O–H groups in total. The summed E-state index contributed by atoms with van der Waals surface area (Å²) in [7, 11) is -3.31. The summed E-state index contributed by atoms with van der Waals surface area (Å²) in [5, 5.41) is 3.28. The number of aromatic nitrogens is 1. The quantitative estimate of drug-likeness (QED) is 0.885. The van der Waals surface area contributed by atoms with Gasteiger partial charge in [-0.15, -0.1) is 0 Å². The van der Waals surface area contributed by atoms with Gasteiger partial charge in [-0.1, -0.05) is 12.1 Å². The van der Waals surface area contributed by atoms with Crippen molar-refractivity contribution in [3.05, 3.63) is 54.0 Å². The molecule has 0 amide bonds. The molecule has 1 aliphatic rings. The second kappa shape index (κ2) is 7.49. The monoisotopic (exact) mass is 363 g/mol. The zero-order valence-electron chi connectivity index (χ0n) is 14.2. The zero-order valence-corrected chi connectivity index (χ0v) is 15.0. The second-order valence-electron chi connectivity index (χ2n) is 6.44. The normalized spacial score (nSPS) is 16.7. The van der Waals surface area contributed by atoms with Crippen LogP contribution in [0.3, 0.4) is 0 Å². The van der Waals surface area contributed by atoms with Gasteiger partial charge in [0.05, 0.1) is 0 Å². The van der Waals surface area contributed by atoms with E-state index < -0.39 is 9.84 Å². The van der Waals surface area contributed by atoms with Crippen molar-refractivity contribution in [2.24, 2.45) is 0 Å². The van der Waals surface area contributed by atoms with Crippen molar-refractivity contribution >= 4 is 15.7 Å². The highest BCUT2D eigenvalue weighted by molar-refractivity contribution is 7.90. The van der Waals surface area contributed by atoms with Crippen LogP contribution < -0.4 is 5.32 Å². The van der Waals surface area contributed by atoms with Gasteiger partial charge in [0.2, 0.25) is 0 Å². The molecule has 1 saturated heterocycles. The number of likely N-dealkylation sites (tertiary alicyclic amines) is 1. The van der Waals surface area contributed by atoms with Crippen LogP contribution in [0.4, 0.5) is 10.2 Å². The first-order valence-electron chi connectivity index (χ1n) is 8.30. The molecule has 134 valence electrons. The summed E-state index contributed by atoms with van der Waals surface area (Å²) in [6.45, 7) is 2.59. The maximum Gasteiger partial charge on any atom is 0.179 e. The third kappa shape index (κ3) is 4.76. The minimum Gasteiger partial charge on any atom is -0.366 e. The summed E-state index contributed by atoms with van der Waals surface area (Å²) in [4.78, 5) is 6.76. The Balaban J connectivity index is 1.57. The molecule has 0 atom stereocenters. The van der Waals surface area contributed by atoms with E-state index in [0.717, 1.165) is 38.0 Å². The van der Waals surface area contributed by atoms with Gasteiger partial charge in [0.1, 0.15) is 16.5 Å². The Morgan fingerprint density at radius 3 is 2.52 bits per heavy atom. The highest BCUT2D eigenvalue weighted by Gasteiger charge is 2.22. The number of nitrogens with one attached hydrogen (secondary N) is 1. The topological polar surface area (TPSA) is 62.3 Å². The molecule has 2 heterocycles. The van der Waals surface area contributed by atoms with E-state index in [0.29, 0.717) is 5.82 Å². The van der Waals surface area contributed by atoms with Gasteiger partial charge in [-0.05, 0) is 42.7 Å². The van der Waals surface area contributed by atoms with E-state index in [9.17, 15) is 12.8 Å². The molecule has 0 radical (unpaired) electrons. The number of rotatable bonds is 5. The summed E-state index contributed by atoms with van der Waals surface area (Å²) < 4.78 is 36.7. The highest BCUT2D eigenvalue weighted by atomic mass is 32.2. The molecule has 0 spiro atoms. The minimum absolute atomic E-state index is 0.194. The number of hydrogen-bond acceptors (Lipinski definition) is 5. The molecule has 1 aromatic carbocycles. The van der Waals surface area contributed by atoms with Crippen LogP contribution in [-0.4, -0.2) is 43.7 Å². The molecule has 0 unspecified atom stereocenters. The van der Waals surface area contributed by atoms with Crippen LogP contribution >= 0.6 is 0 Å². The molecule has 0 aliphatic carbocycles. The number of nitrogens with zero attached hydrogens (tertiary/aromatic N) is 2. The van der Waals surface area contributed by atoms with Crippen molar-refractivity contribution in [3.8, 4) is 0 Å². The van der Waals surface area contributed by atoms with Gasteiger partial charge in [-0.25, -0.2) is 17.8 Å². The summed E-state index contributed by atoms with van der Waals surface area (Å²) >= 11 is 0. The second-order valence-corrected chi connectivity index (χ2v) is 8.43. The largest absolute Gasteiger partial charge is 0.366 e. The molecule has 3 rings (SSSR count). The zero-order chi connectivity index (χ0) is 17.9. The average Bonchev–Trinajstić information content (AvgIpc) is 2.58. The van der Waals surface area contributed by atoms with Crippen LogP contribution in [0.1, 0.15) is 18.4 Å². The predicted octanol–water partition coefficient (Wildman–Crippen LogP) is 2.70. The van der Waals surface area contributed by atoms with Crippen molar-refractivity contribution in [2.45, 2.75) is 30.3 Å². The van der Waals surface area contributed by atoms with Gasteiger partial charge in [-0.3, -0.25) is 4.90 Å². The molecular formula is C18H22FN3O2S. The third-order valence-corrected chi connectivity index (χ3v) is 5.55. The fraction of sp³-hybridized carbons (Fsp3) is 0.389. The van der Waals surface area contributed by atoms with E-state index in [1.54, 1.807) is 18.3 Å². The van der Waals surface area contributed by atoms with Crippen molar-refractivity contribution in [1.29, 1.82) is 0 Å². The van der Waals surface area contributed by atoms with Gasteiger partial charge >= 0.3 is 0 Å². The molecule has 5 nitrogen and oxygen atoms in total. The number of sulfone groups is 1. The lowest BCUT2D eigenvalue weighted by atomic mass is 10.0. The Bertz CT molecular complexity index is 816. The Labute approximate surface area is 147 Å². The number of pyridine rings is 1. The lowest BCUT2D eigenvalue weighted by Gasteiger charge is -2.32. The summed E-state index contributed by atoms with van der Waals surface area (Å²) in [6, 6.07) is 9.99. The molecule has 2 aromatic rings. The first-order chi connectivity index (χ1) is 11.9. The van der Waals surface area contributed by atoms with E-state index >= 15 is 0 Å². The van der Waals surface area contributed by atoms with E-state index in [2.05, 4.69) is 15.2 Å². The van der Waals surface area contributed by atoms with Gasteiger partial charge in [0.25, 0.3) is 0 Å². The van der Waals surface area contributed by atoms with Crippen molar-refractivity contribution in [2.75, 3.05) is 24.7 Å². The maximum atomic E-state index is 13.0. The minimum atomic E-state index is -3.31. The smallest absolute Gasteiger partial charge is 0.179 e. The molecular weight excluding hydrogens is 341 g/mol. The molecule has 7 heteroatoms. The Morgan fingerprint density at radius 1 is 1.20 bits per heavy atom. The first-order valence-corrected chi connectivity index (χ1v) is 10.2. The number of benzene rings is 1. The van der Waals surface area contributed by atoms with Crippen LogP contribution in [0.2, 0.25) is 0 Å². The van der Waals surface area contributed by atoms with Gasteiger partial charge in [0, 0.05) is 38.1 Å². The number of anilines is 1. The van der Waals surface area contributed by atoms with Crippen molar-refractivity contribution in [1.82, 2.24) is 9.88 Å². The molecule has 1 aliphatic heterocycles. The van der Waals surface area contributed by atoms with E-state index in [1.807, 2.05) is 12.1 Å². The van der Waals surface area contributed by atoms with Crippen molar-refractivity contribution < 1.29 is 12.8 Å². The van der Waals surface area contributed by atoms with E-state index in [-0.39, 0.29) is 16.8 Å². The third-order valence-electron chi connectivity index (χ3n) is 4.42. The van der Waals surface area contributed by atoms with Gasteiger partial charge in [0.15, 0.2) is 9.84 Å². The van der Waals surface area contributed by atoms with Crippen LogP contribution in [-0.2, 0) is 16.4 Å². The summed E-state index contributed by atoms with van der Waals surface area (Å²) in [5.74, 6) is 0.214. The van der Waals surface area contributed by atoms with Crippen molar-refractivity contribution in [3.63, 3.8) is 0 Å². The fourth-order valence-electron chi connectivity index (χ4n) is 3.07. The summed E-state index contributed by atoms with van der Waals surface area (Å²) in [5.41, 5.74) is 1.09. The highest BCUT2D eigenvalue weighted by Crippen LogP contribution is 2.22. The molecule has 0 saturated carbocycles. The van der Waals surface area contributed by atoms with Crippen LogP contribution in [0, 0.1) is 5.82 Å². The van der Waals surface area contributed by atoms with Gasteiger partial charge < -0.3 is 5.32 Å². The average molecular weight is 363 g/mol. The summed E-state index contributed by atoms with van der Waals surface area (Å²) in [6.07, 6.45) is 4.60. The maximum absolute atomic E-state index is 13.0. The van der Waals surface area contributed by atoms with E-state index in [1.165, 1.54) is 18.4 Å². The number of halogens is 1. The molecule has 25 heavy (non-hydrogen) atoms. The van der Waals surface area contributed by atoms with Crippen LogP contribution in [0.5, 0.6) is 0 Å². The van der Waals surface area contributed by atoms with Crippen LogP contribution in [0.25, 0.3) is 0 Å². The first kappa shape index (κ1) is 17.8. The Morgan fingerprint density at radius 2 is 1.88 bits per heavy atom. The fourth-order valence-corrected chi connectivity index (χ4v) is 3.86. The SMILES string of the molecule is CS(=O)(=O)c1cccnc1NC1CCN(Cc2ccc(F)cc2)CC1. The molecule has 1 fully saturated rings. The molecule has 0 bridgehead atoms.